The molecule has 0 saturated carbocycles. The lowest BCUT2D eigenvalue weighted by Gasteiger charge is -2.18. The number of hydrogen-bond acceptors (Lipinski definition) is 5. The summed E-state index contributed by atoms with van der Waals surface area (Å²) in [5.41, 5.74) is 6.79. The van der Waals surface area contributed by atoms with Crippen molar-refractivity contribution < 1.29 is 4.74 Å². The largest absolute Gasteiger partial charge is 0.492 e. The molecule has 1 unspecified atom stereocenters. The van der Waals surface area contributed by atoms with Crippen molar-refractivity contribution in [2.45, 2.75) is 32.1 Å². The minimum Gasteiger partial charge on any atom is -0.492 e. The predicted molar refractivity (Wildman–Crippen MR) is 76.7 cm³/mol. The maximum Gasteiger partial charge on any atom is 0.223 e. The van der Waals surface area contributed by atoms with Crippen molar-refractivity contribution in [3.63, 3.8) is 0 Å². The van der Waals surface area contributed by atoms with Gasteiger partial charge in [0.25, 0.3) is 0 Å². The zero-order valence-corrected chi connectivity index (χ0v) is 11.9. The Bertz CT molecular complexity index is 649. The minimum atomic E-state index is -0.162. The summed E-state index contributed by atoms with van der Waals surface area (Å²) in [7, 11) is 0. The van der Waals surface area contributed by atoms with Crippen LogP contribution in [-0.4, -0.2) is 21.6 Å². The lowest BCUT2D eigenvalue weighted by atomic mass is 9.95. The first-order valence-electron chi connectivity index (χ1n) is 6.69. The quantitative estimate of drug-likeness (QED) is 0.860. The Hall–Kier alpha value is -2.17. The fourth-order valence-corrected chi connectivity index (χ4v) is 2.28. The Morgan fingerprint density at radius 1 is 1.15 bits per heavy atom. The van der Waals surface area contributed by atoms with Gasteiger partial charge in [0.2, 0.25) is 5.95 Å². The van der Waals surface area contributed by atoms with Gasteiger partial charge >= 0.3 is 0 Å². The van der Waals surface area contributed by atoms with E-state index in [0.29, 0.717) is 18.3 Å². The van der Waals surface area contributed by atoms with E-state index in [0.717, 1.165) is 11.3 Å². The van der Waals surface area contributed by atoms with E-state index in [-0.39, 0.29) is 17.3 Å². The Labute approximate surface area is 118 Å². The summed E-state index contributed by atoms with van der Waals surface area (Å²) in [6, 6.07) is 7.97. The maximum absolute atomic E-state index is 5.84. The van der Waals surface area contributed by atoms with E-state index >= 15 is 0 Å². The summed E-state index contributed by atoms with van der Waals surface area (Å²) in [6.45, 7) is 6.73. The van der Waals surface area contributed by atoms with Gasteiger partial charge in [-0.1, -0.05) is 39.0 Å². The van der Waals surface area contributed by atoms with Crippen LogP contribution in [0.5, 0.6) is 5.75 Å². The number of benzene rings is 1. The lowest BCUT2D eigenvalue weighted by Crippen LogP contribution is -2.21. The highest BCUT2D eigenvalue weighted by Gasteiger charge is 2.29. The number of para-hydroxylation sites is 1. The number of aromatic nitrogens is 3. The second-order valence-electron chi connectivity index (χ2n) is 6.03. The Morgan fingerprint density at radius 2 is 1.90 bits per heavy atom. The number of hydrogen-bond donors (Lipinski definition) is 1. The number of nitrogen functional groups attached to an aromatic ring is 1. The molecule has 0 fully saturated rings. The summed E-state index contributed by atoms with van der Waals surface area (Å²) in [5, 5.41) is 0. The van der Waals surface area contributed by atoms with E-state index in [4.69, 9.17) is 10.5 Å². The van der Waals surface area contributed by atoms with Crippen LogP contribution in [0.25, 0.3) is 0 Å². The summed E-state index contributed by atoms with van der Waals surface area (Å²) >= 11 is 0. The maximum atomic E-state index is 5.84. The van der Waals surface area contributed by atoms with Crippen LogP contribution in [0, 0.1) is 0 Å². The molecule has 0 aliphatic carbocycles. The van der Waals surface area contributed by atoms with Crippen molar-refractivity contribution in [3.05, 3.63) is 41.5 Å². The van der Waals surface area contributed by atoms with Crippen molar-refractivity contribution in [1.82, 2.24) is 15.0 Å². The SMILES string of the molecule is CC(C)(C)c1nc(N)nc(C2COc3ccccc32)n1. The smallest absolute Gasteiger partial charge is 0.223 e. The Balaban J connectivity index is 2.06. The lowest BCUT2D eigenvalue weighted by molar-refractivity contribution is 0.339. The molecule has 1 atom stereocenters. The highest BCUT2D eigenvalue weighted by atomic mass is 16.5. The second kappa shape index (κ2) is 4.44. The molecule has 1 aliphatic heterocycles. The Morgan fingerprint density at radius 3 is 2.65 bits per heavy atom. The highest BCUT2D eigenvalue weighted by Crippen LogP contribution is 2.36. The van der Waals surface area contributed by atoms with Crippen LogP contribution in [0.4, 0.5) is 5.95 Å². The number of ether oxygens (including phenoxy) is 1. The molecule has 20 heavy (non-hydrogen) atoms. The monoisotopic (exact) mass is 270 g/mol. The molecule has 1 aromatic heterocycles. The van der Waals surface area contributed by atoms with Crippen LogP contribution in [0.1, 0.15) is 43.9 Å². The van der Waals surface area contributed by atoms with Crippen molar-refractivity contribution in [1.29, 1.82) is 0 Å². The van der Waals surface area contributed by atoms with Crippen LogP contribution in [0.15, 0.2) is 24.3 Å². The molecule has 3 rings (SSSR count). The van der Waals surface area contributed by atoms with Gasteiger partial charge in [-0.05, 0) is 6.07 Å². The third kappa shape index (κ3) is 2.19. The van der Waals surface area contributed by atoms with Crippen LogP contribution in [0.2, 0.25) is 0 Å². The van der Waals surface area contributed by atoms with Crippen LogP contribution < -0.4 is 10.5 Å². The van der Waals surface area contributed by atoms with Gasteiger partial charge in [-0.3, -0.25) is 0 Å². The Kier molecular flexibility index (Phi) is 2.85. The second-order valence-corrected chi connectivity index (χ2v) is 6.03. The zero-order valence-electron chi connectivity index (χ0n) is 11.9. The van der Waals surface area contributed by atoms with Crippen molar-refractivity contribution >= 4 is 5.95 Å². The standard InChI is InChI=1S/C15H18N4O/c1-15(2,3)13-17-12(18-14(16)19-13)10-8-20-11-7-5-4-6-9(10)11/h4-7,10H,8H2,1-3H3,(H2,16,17,18,19). The summed E-state index contributed by atoms with van der Waals surface area (Å²) in [6.07, 6.45) is 0. The number of anilines is 1. The van der Waals surface area contributed by atoms with Crippen LogP contribution in [-0.2, 0) is 5.41 Å². The topological polar surface area (TPSA) is 73.9 Å². The van der Waals surface area contributed by atoms with Gasteiger partial charge in [0.05, 0.1) is 5.92 Å². The molecule has 0 amide bonds. The van der Waals surface area contributed by atoms with Crippen molar-refractivity contribution in [2.75, 3.05) is 12.3 Å². The molecule has 2 aromatic rings. The highest BCUT2D eigenvalue weighted by molar-refractivity contribution is 5.43. The van der Waals surface area contributed by atoms with Gasteiger partial charge in [0, 0.05) is 11.0 Å². The summed E-state index contributed by atoms with van der Waals surface area (Å²) in [4.78, 5) is 13.2. The number of fused-ring (bicyclic) bond motifs is 1. The third-order valence-corrected chi connectivity index (χ3v) is 3.35. The fraction of sp³-hybridized carbons (Fsp3) is 0.400. The van der Waals surface area contributed by atoms with E-state index < -0.39 is 0 Å². The number of nitrogens with zero attached hydrogens (tertiary/aromatic N) is 3. The predicted octanol–water partition coefficient (Wildman–Crippen LogP) is 2.28. The van der Waals surface area contributed by atoms with Gasteiger partial charge in [0.15, 0.2) is 0 Å². The van der Waals surface area contributed by atoms with Gasteiger partial charge in [-0.2, -0.15) is 9.97 Å². The van der Waals surface area contributed by atoms with Gasteiger partial charge in [0.1, 0.15) is 24.0 Å². The minimum absolute atomic E-state index is 0.0256. The molecule has 0 radical (unpaired) electrons. The van der Waals surface area contributed by atoms with Gasteiger partial charge in [-0.15, -0.1) is 0 Å². The van der Waals surface area contributed by atoms with Gasteiger partial charge < -0.3 is 10.5 Å². The molecule has 0 bridgehead atoms. The van der Waals surface area contributed by atoms with E-state index in [9.17, 15) is 0 Å². The normalized spacial score (nSPS) is 17.6. The van der Waals surface area contributed by atoms with Crippen LogP contribution in [0.3, 0.4) is 0 Å². The molecule has 1 aliphatic rings. The molecule has 0 saturated heterocycles. The number of rotatable bonds is 1. The average molecular weight is 270 g/mol. The molecular weight excluding hydrogens is 252 g/mol. The summed E-state index contributed by atoms with van der Waals surface area (Å²) < 4.78 is 5.69. The molecule has 0 spiro atoms. The first-order valence-corrected chi connectivity index (χ1v) is 6.69. The van der Waals surface area contributed by atoms with Crippen LogP contribution >= 0.6 is 0 Å². The summed E-state index contributed by atoms with van der Waals surface area (Å²) in [5.74, 6) is 2.59. The van der Waals surface area contributed by atoms with E-state index in [1.807, 2.05) is 24.3 Å². The molecule has 2 N–H and O–H groups in total. The van der Waals surface area contributed by atoms with Gasteiger partial charge in [-0.25, -0.2) is 4.98 Å². The van der Waals surface area contributed by atoms with E-state index in [2.05, 4.69) is 35.7 Å². The van der Waals surface area contributed by atoms with E-state index in [1.54, 1.807) is 0 Å². The fourth-order valence-electron chi connectivity index (χ4n) is 2.28. The molecule has 1 aromatic carbocycles. The molecule has 104 valence electrons. The third-order valence-electron chi connectivity index (χ3n) is 3.35. The number of nitrogens with two attached hydrogens (primary N) is 1. The molecule has 5 nitrogen and oxygen atoms in total. The first-order chi connectivity index (χ1) is 9.45. The first kappa shape index (κ1) is 12.8. The van der Waals surface area contributed by atoms with Crippen molar-refractivity contribution in [3.8, 4) is 5.75 Å². The molecule has 2 heterocycles. The molecular formula is C15H18N4O. The van der Waals surface area contributed by atoms with E-state index in [1.165, 1.54) is 0 Å². The molecule has 5 heteroatoms. The average Bonchev–Trinajstić information content (AvgIpc) is 2.80. The zero-order chi connectivity index (χ0) is 14.3. The van der Waals surface area contributed by atoms with Crippen molar-refractivity contribution in [2.24, 2.45) is 0 Å².